The standard InChI is InChI=1S/C14H17NO2S/c1-10-4-2-7-14-13(10)8-12(18(14,16)17)9-15-11-5-3-6-11/h2,4,7-8,11,15H,3,5-6,9H2,1H3. The number of nitrogens with one attached hydrogen (secondary N) is 1. The Hall–Kier alpha value is -1.13. The van der Waals surface area contributed by atoms with Gasteiger partial charge < -0.3 is 5.32 Å². The molecular weight excluding hydrogens is 246 g/mol. The first kappa shape index (κ1) is 11.9. The van der Waals surface area contributed by atoms with Crippen LogP contribution >= 0.6 is 0 Å². The summed E-state index contributed by atoms with van der Waals surface area (Å²) in [6.45, 7) is 2.41. The summed E-state index contributed by atoms with van der Waals surface area (Å²) in [5.74, 6) is 0. The summed E-state index contributed by atoms with van der Waals surface area (Å²) in [6, 6.07) is 5.96. The first-order valence-corrected chi connectivity index (χ1v) is 7.86. The fraction of sp³-hybridized carbons (Fsp3) is 0.429. The van der Waals surface area contributed by atoms with Gasteiger partial charge in [-0.05, 0) is 43.0 Å². The van der Waals surface area contributed by atoms with E-state index >= 15 is 0 Å². The van der Waals surface area contributed by atoms with Crippen LogP contribution in [-0.2, 0) is 9.84 Å². The Bertz CT molecular complexity index is 613. The van der Waals surface area contributed by atoms with Crippen molar-refractivity contribution in [3.63, 3.8) is 0 Å². The van der Waals surface area contributed by atoms with Crippen molar-refractivity contribution in [1.29, 1.82) is 0 Å². The zero-order chi connectivity index (χ0) is 12.8. The second-order valence-corrected chi connectivity index (χ2v) is 7.08. The van der Waals surface area contributed by atoms with Crippen molar-refractivity contribution in [3.05, 3.63) is 34.2 Å². The molecule has 96 valence electrons. The molecule has 1 aromatic carbocycles. The molecule has 18 heavy (non-hydrogen) atoms. The first-order chi connectivity index (χ1) is 8.59. The Kier molecular flexibility index (Phi) is 2.79. The van der Waals surface area contributed by atoms with E-state index in [9.17, 15) is 8.42 Å². The normalized spacial score (nSPS) is 21.3. The molecule has 0 aromatic heterocycles. The molecule has 3 rings (SSSR count). The maximum absolute atomic E-state index is 12.3. The molecule has 0 saturated heterocycles. The largest absolute Gasteiger partial charge is 0.309 e. The fourth-order valence-corrected chi connectivity index (χ4v) is 4.05. The topological polar surface area (TPSA) is 46.2 Å². The number of sulfone groups is 1. The molecule has 1 saturated carbocycles. The molecule has 1 aliphatic heterocycles. The minimum atomic E-state index is -3.25. The molecule has 0 bridgehead atoms. The van der Waals surface area contributed by atoms with Crippen LogP contribution in [0.25, 0.3) is 6.08 Å². The van der Waals surface area contributed by atoms with Gasteiger partial charge in [-0.3, -0.25) is 0 Å². The van der Waals surface area contributed by atoms with Crippen LogP contribution in [0.15, 0.2) is 28.0 Å². The van der Waals surface area contributed by atoms with Crippen molar-refractivity contribution in [2.75, 3.05) is 6.54 Å². The van der Waals surface area contributed by atoms with Crippen molar-refractivity contribution in [3.8, 4) is 0 Å². The Morgan fingerprint density at radius 3 is 2.72 bits per heavy atom. The summed E-state index contributed by atoms with van der Waals surface area (Å²) >= 11 is 0. The minimum Gasteiger partial charge on any atom is -0.309 e. The van der Waals surface area contributed by atoms with Gasteiger partial charge in [-0.2, -0.15) is 0 Å². The van der Waals surface area contributed by atoms with Crippen molar-refractivity contribution in [1.82, 2.24) is 5.32 Å². The SMILES string of the molecule is Cc1cccc2c1C=C(CNC1CCC1)S2(=O)=O. The predicted molar refractivity (Wildman–Crippen MR) is 72.0 cm³/mol. The second-order valence-electron chi connectivity index (χ2n) is 5.11. The van der Waals surface area contributed by atoms with Crippen molar-refractivity contribution in [2.24, 2.45) is 0 Å². The number of fused-ring (bicyclic) bond motifs is 1. The van der Waals surface area contributed by atoms with Gasteiger partial charge in [0.2, 0.25) is 9.84 Å². The summed E-state index contributed by atoms with van der Waals surface area (Å²) in [5.41, 5.74) is 1.89. The van der Waals surface area contributed by atoms with Crippen LogP contribution < -0.4 is 5.32 Å². The van der Waals surface area contributed by atoms with Gasteiger partial charge in [-0.25, -0.2) is 8.42 Å². The molecule has 1 aromatic rings. The Labute approximate surface area is 108 Å². The van der Waals surface area contributed by atoms with E-state index in [4.69, 9.17) is 0 Å². The lowest BCUT2D eigenvalue weighted by molar-refractivity contribution is 0.351. The summed E-state index contributed by atoms with van der Waals surface area (Å²) in [4.78, 5) is 0.978. The fourth-order valence-electron chi connectivity index (χ4n) is 2.46. The molecule has 1 fully saturated rings. The van der Waals surface area contributed by atoms with Crippen LogP contribution in [0.3, 0.4) is 0 Å². The first-order valence-electron chi connectivity index (χ1n) is 6.38. The monoisotopic (exact) mass is 263 g/mol. The third kappa shape index (κ3) is 1.80. The van der Waals surface area contributed by atoms with E-state index in [0.29, 0.717) is 22.4 Å². The minimum absolute atomic E-state index is 0.459. The molecule has 1 N–H and O–H groups in total. The van der Waals surface area contributed by atoms with E-state index in [0.717, 1.165) is 11.1 Å². The van der Waals surface area contributed by atoms with Gasteiger partial charge in [0.25, 0.3) is 0 Å². The smallest absolute Gasteiger partial charge is 0.204 e. The highest BCUT2D eigenvalue weighted by atomic mass is 32.2. The number of hydrogen-bond acceptors (Lipinski definition) is 3. The van der Waals surface area contributed by atoms with Gasteiger partial charge >= 0.3 is 0 Å². The third-order valence-corrected chi connectivity index (χ3v) is 5.78. The Morgan fingerprint density at radius 2 is 2.11 bits per heavy atom. The highest BCUT2D eigenvalue weighted by Crippen LogP contribution is 2.34. The maximum atomic E-state index is 12.3. The summed E-state index contributed by atoms with van der Waals surface area (Å²) in [6.07, 6.45) is 5.41. The van der Waals surface area contributed by atoms with Crippen molar-refractivity contribution >= 4 is 15.9 Å². The van der Waals surface area contributed by atoms with Gasteiger partial charge in [0.05, 0.1) is 9.80 Å². The number of hydrogen-bond donors (Lipinski definition) is 1. The molecule has 0 unspecified atom stereocenters. The molecule has 0 atom stereocenters. The van der Waals surface area contributed by atoms with Gasteiger partial charge in [0.1, 0.15) is 0 Å². The second kappa shape index (κ2) is 4.21. The highest BCUT2D eigenvalue weighted by molar-refractivity contribution is 7.95. The predicted octanol–water partition coefficient (Wildman–Crippen LogP) is 2.27. The lowest BCUT2D eigenvalue weighted by Gasteiger charge is -2.26. The maximum Gasteiger partial charge on any atom is 0.204 e. The molecule has 0 amide bonds. The van der Waals surface area contributed by atoms with Crippen LogP contribution in [0, 0.1) is 6.92 Å². The van der Waals surface area contributed by atoms with Crippen LogP contribution in [0.2, 0.25) is 0 Å². The third-order valence-electron chi connectivity index (χ3n) is 3.89. The van der Waals surface area contributed by atoms with Crippen molar-refractivity contribution in [2.45, 2.75) is 37.1 Å². The van der Waals surface area contributed by atoms with Gasteiger partial charge in [-0.15, -0.1) is 0 Å². The molecule has 0 radical (unpaired) electrons. The van der Waals surface area contributed by atoms with Gasteiger partial charge in [0.15, 0.2) is 0 Å². The van der Waals surface area contributed by atoms with Crippen LogP contribution in [0.5, 0.6) is 0 Å². The average Bonchev–Trinajstić information content (AvgIpc) is 2.51. The quantitative estimate of drug-likeness (QED) is 0.910. The molecule has 0 spiro atoms. The number of benzene rings is 1. The Balaban J connectivity index is 1.88. The van der Waals surface area contributed by atoms with Crippen LogP contribution in [0.4, 0.5) is 0 Å². The molecule has 1 aliphatic carbocycles. The lowest BCUT2D eigenvalue weighted by Crippen LogP contribution is -2.36. The van der Waals surface area contributed by atoms with Crippen LogP contribution in [0.1, 0.15) is 30.4 Å². The Morgan fingerprint density at radius 1 is 1.33 bits per heavy atom. The van der Waals surface area contributed by atoms with E-state index < -0.39 is 9.84 Å². The van der Waals surface area contributed by atoms with E-state index in [1.54, 1.807) is 6.07 Å². The summed E-state index contributed by atoms with van der Waals surface area (Å²) < 4.78 is 24.7. The number of aryl methyl sites for hydroxylation is 1. The van der Waals surface area contributed by atoms with E-state index in [2.05, 4.69) is 5.32 Å². The van der Waals surface area contributed by atoms with E-state index in [-0.39, 0.29) is 0 Å². The number of rotatable bonds is 3. The molecule has 3 nitrogen and oxygen atoms in total. The van der Waals surface area contributed by atoms with Gasteiger partial charge in [0, 0.05) is 12.6 Å². The highest BCUT2D eigenvalue weighted by Gasteiger charge is 2.30. The molecular formula is C14H17NO2S. The van der Waals surface area contributed by atoms with E-state index in [1.165, 1.54) is 19.3 Å². The van der Waals surface area contributed by atoms with Crippen LogP contribution in [-0.4, -0.2) is 21.0 Å². The summed E-state index contributed by atoms with van der Waals surface area (Å²) in [7, 11) is -3.25. The summed E-state index contributed by atoms with van der Waals surface area (Å²) in [5, 5.41) is 3.32. The van der Waals surface area contributed by atoms with Gasteiger partial charge in [-0.1, -0.05) is 18.6 Å². The van der Waals surface area contributed by atoms with Crippen molar-refractivity contribution < 1.29 is 8.42 Å². The average molecular weight is 263 g/mol. The molecule has 1 heterocycles. The zero-order valence-corrected chi connectivity index (χ0v) is 11.3. The lowest BCUT2D eigenvalue weighted by atomic mass is 9.93. The molecule has 2 aliphatic rings. The zero-order valence-electron chi connectivity index (χ0n) is 10.4. The molecule has 4 heteroatoms. The van der Waals surface area contributed by atoms with E-state index in [1.807, 2.05) is 25.1 Å².